The maximum Gasteiger partial charge on any atom is 0.251 e. The predicted molar refractivity (Wildman–Crippen MR) is 81.7 cm³/mol. The summed E-state index contributed by atoms with van der Waals surface area (Å²) in [5.74, 6) is 0.843. The average molecular weight is 271 g/mol. The highest BCUT2D eigenvalue weighted by molar-refractivity contribution is 5.94. The first-order valence-electron chi connectivity index (χ1n) is 7.72. The fourth-order valence-electron chi connectivity index (χ4n) is 4.37. The van der Waals surface area contributed by atoms with Crippen molar-refractivity contribution in [2.45, 2.75) is 53.0 Å². The lowest BCUT2D eigenvalue weighted by atomic mass is 9.69. The number of amides is 1. The van der Waals surface area contributed by atoms with E-state index in [-0.39, 0.29) is 11.3 Å². The summed E-state index contributed by atoms with van der Waals surface area (Å²) in [5.41, 5.74) is 2.56. The van der Waals surface area contributed by atoms with Gasteiger partial charge in [0.1, 0.15) is 0 Å². The second-order valence-corrected chi connectivity index (χ2v) is 7.50. The molecule has 0 unspecified atom stereocenters. The lowest BCUT2D eigenvalue weighted by Crippen LogP contribution is -2.46. The molecule has 3 atom stereocenters. The van der Waals surface area contributed by atoms with Gasteiger partial charge in [0.15, 0.2) is 0 Å². The third kappa shape index (κ3) is 1.81. The Balaban J connectivity index is 1.76. The molecule has 2 saturated carbocycles. The number of rotatable bonds is 2. The van der Waals surface area contributed by atoms with E-state index in [0.717, 1.165) is 17.9 Å². The lowest BCUT2D eigenvalue weighted by molar-refractivity contribution is 0.0826. The van der Waals surface area contributed by atoms with Crippen molar-refractivity contribution < 1.29 is 4.79 Å². The predicted octanol–water partition coefficient (Wildman–Crippen LogP) is 3.94. The van der Waals surface area contributed by atoms with E-state index in [1.807, 2.05) is 31.2 Å². The number of hydrogen-bond acceptors (Lipinski definition) is 1. The molecule has 2 fully saturated rings. The second kappa shape index (κ2) is 4.34. The molecule has 0 radical (unpaired) electrons. The Kier molecular flexibility index (Phi) is 2.97. The van der Waals surface area contributed by atoms with E-state index in [2.05, 4.69) is 26.1 Å². The molecule has 0 heterocycles. The van der Waals surface area contributed by atoms with Crippen LogP contribution >= 0.6 is 0 Å². The third-order valence-electron chi connectivity index (χ3n) is 6.41. The minimum absolute atomic E-state index is 0.0829. The van der Waals surface area contributed by atoms with Gasteiger partial charge >= 0.3 is 0 Å². The van der Waals surface area contributed by atoms with Crippen molar-refractivity contribution in [1.29, 1.82) is 0 Å². The van der Waals surface area contributed by atoms with Crippen LogP contribution in [0.3, 0.4) is 0 Å². The molecule has 1 aromatic carbocycles. The minimum atomic E-state index is 0.0829. The largest absolute Gasteiger partial charge is 0.349 e. The Labute approximate surface area is 122 Å². The van der Waals surface area contributed by atoms with Gasteiger partial charge in [0.2, 0.25) is 0 Å². The number of fused-ring (bicyclic) bond motifs is 2. The van der Waals surface area contributed by atoms with Crippen molar-refractivity contribution in [3.05, 3.63) is 35.4 Å². The molecule has 0 aliphatic heterocycles. The zero-order valence-corrected chi connectivity index (χ0v) is 13.0. The van der Waals surface area contributed by atoms with E-state index in [9.17, 15) is 4.79 Å². The molecule has 2 nitrogen and oxygen atoms in total. The summed E-state index contributed by atoms with van der Waals surface area (Å²) >= 11 is 0. The van der Waals surface area contributed by atoms with Gasteiger partial charge in [-0.1, -0.05) is 38.5 Å². The summed E-state index contributed by atoms with van der Waals surface area (Å²) in [7, 11) is 0. The van der Waals surface area contributed by atoms with Crippen molar-refractivity contribution >= 4 is 5.91 Å². The van der Waals surface area contributed by atoms with Crippen LogP contribution in [0.2, 0.25) is 0 Å². The van der Waals surface area contributed by atoms with Crippen LogP contribution < -0.4 is 5.32 Å². The second-order valence-electron chi connectivity index (χ2n) is 7.50. The average Bonchev–Trinajstić information content (AvgIpc) is 2.72. The van der Waals surface area contributed by atoms with Crippen molar-refractivity contribution in [2.24, 2.45) is 16.7 Å². The maximum atomic E-state index is 12.4. The monoisotopic (exact) mass is 271 g/mol. The van der Waals surface area contributed by atoms with Gasteiger partial charge in [-0.25, -0.2) is 0 Å². The molecule has 0 aromatic heterocycles. The fourth-order valence-corrected chi connectivity index (χ4v) is 4.37. The summed E-state index contributed by atoms with van der Waals surface area (Å²) in [4.78, 5) is 12.4. The molecule has 2 bridgehead atoms. The number of aryl methyl sites for hydroxylation is 1. The minimum Gasteiger partial charge on any atom is -0.349 e. The van der Waals surface area contributed by atoms with E-state index < -0.39 is 0 Å². The molecule has 1 N–H and O–H groups in total. The molecule has 20 heavy (non-hydrogen) atoms. The zero-order valence-electron chi connectivity index (χ0n) is 13.0. The Hall–Kier alpha value is -1.31. The maximum absolute atomic E-state index is 12.4. The van der Waals surface area contributed by atoms with Crippen LogP contribution in [0.25, 0.3) is 0 Å². The van der Waals surface area contributed by atoms with Gasteiger partial charge in [-0.2, -0.15) is 0 Å². The Morgan fingerprint density at radius 3 is 2.35 bits per heavy atom. The molecule has 2 aliphatic carbocycles. The van der Waals surface area contributed by atoms with E-state index in [0.29, 0.717) is 11.5 Å². The van der Waals surface area contributed by atoms with Crippen molar-refractivity contribution in [3.8, 4) is 0 Å². The summed E-state index contributed by atoms with van der Waals surface area (Å²) in [6.07, 6.45) is 3.70. The fraction of sp³-hybridized carbons (Fsp3) is 0.611. The van der Waals surface area contributed by atoms with Crippen LogP contribution in [0, 0.1) is 23.7 Å². The molecule has 0 saturated heterocycles. The van der Waals surface area contributed by atoms with Crippen LogP contribution in [-0.2, 0) is 0 Å². The number of carbonyl (C=O) groups excluding carboxylic acids is 1. The highest BCUT2D eigenvalue weighted by Crippen LogP contribution is 2.65. The molecule has 0 spiro atoms. The van der Waals surface area contributed by atoms with Crippen LogP contribution in [0.15, 0.2) is 24.3 Å². The molecular formula is C18H25NO. The number of carbonyl (C=O) groups is 1. The van der Waals surface area contributed by atoms with Gasteiger partial charge in [0, 0.05) is 11.6 Å². The molecule has 1 amide bonds. The molecule has 2 heteroatoms. The van der Waals surface area contributed by atoms with Crippen molar-refractivity contribution in [3.63, 3.8) is 0 Å². The van der Waals surface area contributed by atoms with Gasteiger partial charge in [-0.3, -0.25) is 4.79 Å². The van der Waals surface area contributed by atoms with Crippen LogP contribution in [0.4, 0.5) is 0 Å². The zero-order chi connectivity index (χ0) is 14.5. The number of hydrogen-bond donors (Lipinski definition) is 1. The molecule has 1 aromatic rings. The molecule has 3 rings (SSSR count). The SMILES string of the molecule is Cc1ccc(C(=O)N[C@@H]2C[C@@H]3CC[C@]2(C)C3(C)C)cc1. The summed E-state index contributed by atoms with van der Waals surface area (Å²) < 4.78 is 0. The first-order chi connectivity index (χ1) is 9.34. The van der Waals surface area contributed by atoms with Crippen LogP contribution in [0.5, 0.6) is 0 Å². The molecular weight excluding hydrogens is 246 g/mol. The summed E-state index contributed by atoms with van der Waals surface area (Å²) in [6.45, 7) is 9.16. The number of nitrogens with one attached hydrogen (secondary N) is 1. The van der Waals surface area contributed by atoms with Gasteiger partial charge in [-0.05, 0) is 55.1 Å². The molecule has 108 valence electrons. The van der Waals surface area contributed by atoms with E-state index >= 15 is 0 Å². The Bertz CT molecular complexity index is 531. The van der Waals surface area contributed by atoms with Crippen LogP contribution in [-0.4, -0.2) is 11.9 Å². The van der Waals surface area contributed by atoms with Gasteiger partial charge in [0.05, 0.1) is 0 Å². The normalized spacial score (nSPS) is 34.2. The smallest absolute Gasteiger partial charge is 0.251 e. The highest BCUT2D eigenvalue weighted by Gasteiger charge is 2.61. The third-order valence-corrected chi connectivity index (χ3v) is 6.41. The topological polar surface area (TPSA) is 29.1 Å². The first kappa shape index (κ1) is 13.7. The quantitative estimate of drug-likeness (QED) is 0.867. The van der Waals surface area contributed by atoms with E-state index in [1.54, 1.807) is 0 Å². The standard InChI is InChI=1S/C18H25NO/c1-12-5-7-13(8-6-12)16(20)19-15-11-14-9-10-18(15,4)17(14,2)3/h5-8,14-15H,9-11H2,1-4H3,(H,19,20)/t14-,15+,18-/m0/s1. The van der Waals surface area contributed by atoms with Gasteiger partial charge in [-0.15, -0.1) is 0 Å². The Morgan fingerprint density at radius 1 is 1.20 bits per heavy atom. The number of benzene rings is 1. The van der Waals surface area contributed by atoms with Crippen molar-refractivity contribution in [1.82, 2.24) is 5.32 Å². The van der Waals surface area contributed by atoms with Gasteiger partial charge < -0.3 is 5.32 Å². The first-order valence-corrected chi connectivity index (χ1v) is 7.72. The lowest BCUT2D eigenvalue weighted by Gasteiger charge is -2.39. The molecule has 2 aliphatic rings. The summed E-state index contributed by atoms with van der Waals surface area (Å²) in [5, 5.41) is 3.30. The van der Waals surface area contributed by atoms with Crippen molar-refractivity contribution in [2.75, 3.05) is 0 Å². The van der Waals surface area contributed by atoms with Crippen LogP contribution in [0.1, 0.15) is 56.0 Å². The Morgan fingerprint density at radius 2 is 1.85 bits per heavy atom. The van der Waals surface area contributed by atoms with E-state index in [1.165, 1.54) is 18.4 Å². The van der Waals surface area contributed by atoms with Gasteiger partial charge in [0.25, 0.3) is 5.91 Å². The highest BCUT2D eigenvalue weighted by atomic mass is 16.1. The summed E-state index contributed by atoms with van der Waals surface area (Å²) in [6, 6.07) is 8.17. The van der Waals surface area contributed by atoms with E-state index in [4.69, 9.17) is 0 Å².